The van der Waals surface area contributed by atoms with E-state index in [0.29, 0.717) is 12.8 Å². The lowest BCUT2D eigenvalue weighted by Crippen LogP contribution is -2.14. The van der Waals surface area contributed by atoms with Crippen LogP contribution in [0.3, 0.4) is 0 Å². The Labute approximate surface area is 145 Å². The Balaban J connectivity index is 2.38. The average molecular weight is 334 g/mol. The van der Waals surface area contributed by atoms with Crippen LogP contribution in [0.5, 0.6) is 0 Å². The van der Waals surface area contributed by atoms with E-state index in [2.05, 4.69) is 6.92 Å². The molecule has 0 bridgehead atoms. The number of hydrogen-bond donors (Lipinski definition) is 2. The van der Waals surface area contributed by atoms with Crippen molar-refractivity contribution in [2.24, 2.45) is 11.8 Å². The molecule has 0 heterocycles. The Morgan fingerprint density at radius 2 is 2.08 bits per heavy atom. The molecule has 0 saturated heterocycles. The van der Waals surface area contributed by atoms with Crippen LogP contribution in [0, 0.1) is 11.8 Å². The maximum Gasteiger partial charge on any atom is 0.303 e. The zero-order chi connectivity index (χ0) is 17.8. The standard InChI is InChI=1S/C20H30O4/c1-2-3-6-9-17(21)14-12-16-13-15-19(22)18(16)10-7-4-5-8-11-20(23)24/h4,7,12-18,21H,2-3,5-6,8-11H2,1H3,(H,23,24)/t16-,17-,18-/m0/s1. The lowest BCUT2D eigenvalue weighted by atomic mass is 9.90. The maximum atomic E-state index is 12.0. The average Bonchev–Trinajstić information content (AvgIpc) is 2.89. The van der Waals surface area contributed by atoms with E-state index in [4.69, 9.17) is 5.11 Å². The molecule has 0 fully saturated rings. The van der Waals surface area contributed by atoms with Gasteiger partial charge in [0.25, 0.3) is 0 Å². The Morgan fingerprint density at radius 3 is 2.79 bits per heavy atom. The minimum absolute atomic E-state index is 0.0435. The molecular weight excluding hydrogens is 304 g/mol. The van der Waals surface area contributed by atoms with Crippen LogP contribution in [0.25, 0.3) is 0 Å². The highest BCUT2D eigenvalue weighted by molar-refractivity contribution is 5.95. The fraction of sp³-hybridized carbons (Fsp3) is 0.600. The summed E-state index contributed by atoms with van der Waals surface area (Å²) in [6.07, 6.45) is 17.0. The number of carboxylic acid groups (broad SMARTS) is 1. The first kappa shape index (κ1) is 20.4. The first-order valence-corrected chi connectivity index (χ1v) is 8.99. The van der Waals surface area contributed by atoms with Gasteiger partial charge in [-0.05, 0) is 31.8 Å². The highest BCUT2D eigenvalue weighted by Crippen LogP contribution is 2.27. The van der Waals surface area contributed by atoms with Gasteiger partial charge in [-0.15, -0.1) is 0 Å². The molecule has 0 aromatic heterocycles. The van der Waals surface area contributed by atoms with E-state index in [-0.39, 0.29) is 24.0 Å². The third kappa shape index (κ3) is 8.25. The van der Waals surface area contributed by atoms with Crippen molar-refractivity contribution < 1.29 is 19.8 Å². The molecule has 3 atom stereocenters. The Hall–Kier alpha value is -1.68. The van der Waals surface area contributed by atoms with Crippen molar-refractivity contribution in [1.29, 1.82) is 0 Å². The third-order valence-corrected chi connectivity index (χ3v) is 4.29. The first-order valence-electron chi connectivity index (χ1n) is 8.99. The van der Waals surface area contributed by atoms with Crippen molar-refractivity contribution in [1.82, 2.24) is 0 Å². The largest absolute Gasteiger partial charge is 0.481 e. The topological polar surface area (TPSA) is 74.6 Å². The van der Waals surface area contributed by atoms with Gasteiger partial charge in [-0.1, -0.05) is 56.6 Å². The summed E-state index contributed by atoms with van der Waals surface area (Å²) in [7, 11) is 0. The molecule has 1 aliphatic rings. The number of hydrogen-bond acceptors (Lipinski definition) is 3. The molecule has 4 nitrogen and oxygen atoms in total. The third-order valence-electron chi connectivity index (χ3n) is 4.29. The normalized spacial score (nSPS) is 22.0. The minimum atomic E-state index is -0.777. The number of aliphatic carboxylic acids is 1. The van der Waals surface area contributed by atoms with Crippen LogP contribution >= 0.6 is 0 Å². The van der Waals surface area contributed by atoms with Gasteiger partial charge >= 0.3 is 5.97 Å². The van der Waals surface area contributed by atoms with Gasteiger partial charge in [0.2, 0.25) is 0 Å². The SMILES string of the molecule is CCCCC[C@H](O)C=C[C@H]1C=CC(=O)[C@H]1CC=CCCCC(=O)O. The molecule has 1 aliphatic carbocycles. The summed E-state index contributed by atoms with van der Waals surface area (Å²) in [6, 6.07) is 0. The van der Waals surface area contributed by atoms with Gasteiger partial charge < -0.3 is 10.2 Å². The molecule has 0 aromatic rings. The number of carboxylic acids is 1. The zero-order valence-corrected chi connectivity index (χ0v) is 14.6. The van der Waals surface area contributed by atoms with Gasteiger partial charge in [0.15, 0.2) is 5.78 Å². The molecule has 0 unspecified atom stereocenters. The van der Waals surface area contributed by atoms with E-state index in [1.165, 1.54) is 0 Å². The van der Waals surface area contributed by atoms with E-state index in [9.17, 15) is 14.7 Å². The van der Waals surface area contributed by atoms with Crippen LogP contribution in [-0.4, -0.2) is 28.1 Å². The molecule has 134 valence electrons. The quantitative estimate of drug-likeness (QED) is 0.417. The summed E-state index contributed by atoms with van der Waals surface area (Å²) in [5.74, 6) is -0.705. The molecular formula is C20H30O4. The van der Waals surface area contributed by atoms with E-state index in [1.807, 2.05) is 30.4 Å². The van der Waals surface area contributed by atoms with Crippen molar-refractivity contribution >= 4 is 11.8 Å². The van der Waals surface area contributed by atoms with Crippen LogP contribution in [0.4, 0.5) is 0 Å². The number of ketones is 1. The maximum absolute atomic E-state index is 12.0. The van der Waals surface area contributed by atoms with Crippen LogP contribution < -0.4 is 0 Å². The second-order valence-electron chi connectivity index (χ2n) is 6.39. The lowest BCUT2D eigenvalue weighted by Gasteiger charge is -2.13. The van der Waals surface area contributed by atoms with E-state index < -0.39 is 12.1 Å². The van der Waals surface area contributed by atoms with Crippen molar-refractivity contribution in [3.63, 3.8) is 0 Å². The minimum Gasteiger partial charge on any atom is -0.481 e. The summed E-state index contributed by atoms with van der Waals surface area (Å²) < 4.78 is 0. The molecule has 1 rings (SSSR count). The van der Waals surface area contributed by atoms with Gasteiger partial charge in [-0.2, -0.15) is 0 Å². The summed E-state index contributed by atoms with van der Waals surface area (Å²) in [6.45, 7) is 2.14. The van der Waals surface area contributed by atoms with Crippen molar-refractivity contribution in [2.45, 2.75) is 64.4 Å². The van der Waals surface area contributed by atoms with Crippen molar-refractivity contribution in [3.8, 4) is 0 Å². The zero-order valence-electron chi connectivity index (χ0n) is 14.6. The summed E-state index contributed by atoms with van der Waals surface area (Å²) >= 11 is 0. The number of aliphatic hydroxyl groups is 1. The number of allylic oxidation sites excluding steroid dienone is 5. The van der Waals surface area contributed by atoms with Crippen molar-refractivity contribution in [3.05, 3.63) is 36.5 Å². The monoisotopic (exact) mass is 334 g/mol. The van der Waals surface area contributed by atoms with Crippen LogP contribution in [-0.2, 0) is 9.59 Å². The smallest absolute Gasteiger partial charge is 0.303 e. The van der Waals surface area contributed by atoms with Gasteiger partial charge in [-0.3, -0.25) is 9.59 Å². The first-order chi connectivity index (χ1) is 11.5. The van der Waals surface area contributed by atoms with Gasteiger partial charge in [0.1, 0.15) is 0 Å². The molecule has 0 radical (unpaired) electrons. The lowest BCUT2D eigenvalue weighted by molar-refractivity contribution is -0.137. The number of rotatable bonds is 12. The van der Waals surface area contributed by atoms with Crippen molar-refractivity contribution in [2.75, 3.05) is 0 Å². The second-order valence-corrected chi connectivity index (χ2v) is 6.39. The Bertz CT molecular complexity index is 476. The number of carbonyl (C=O) groups excluding carboxylic acids is 1. The number of carbonyl (C=O) groups is 2. The molecule has 0 saturated carbocycles. The van der Waals surface area contributed by atoms with Gasteiger partial charge in [0, 0.05) is 18.3 Å². The summed E-state index contributed by atoms with van der Waals surface area (Å²) in [5.41, 5.74) is 0. The summed E-state index contributed by atoms with van der Waals surface area (Å²) in [5, 5.41) is 18.5. The molecule has 4 heteroatoms. The molecule has 0 aromatic carbocycles. The molecule has 24 heavy (non-hydrogen) atoms. The highest BCUT2D eigenvalue weighted by Gasteiger charge is 2.27. The van der Waals surface area contributed by atoms with Crippen LogP contribution in [0.2, 0.25) is 0 Å². The second kappa shape index (κ2) is 11.8. The summed E-state index contributed by atoms with van der Waals surface area (Å²) in [4.78, 5) is 22.4. The van der Waals surface area contributed by atoms with Gasteiger partial charge in [-0.25, -0.2) is 0 Å². The predicted molar refractivity (Wildman–Crippen MR) is 95.7 cm³/mol. The molecule has 0 aliphatic heterocycles. The fourth-order valence-electron chi connectivity index (χ4n) is 2.81. The van der Waals surface area contributed by atoms with E-state index in [0.717, 1.165) is 32.1 Å². The van der Waals surface area contributed by atoms with E-state index >= 15 is 0 Å². The number of unbranched alkanes of at least 4 members (excludes halogenated alkanes) is 3. The molecule has 0 amide bonds. The van der Waals surface area contributed by atoms with Crippen LogP contribution in [0.15, 0.2) is 36.5 Å². The Morgan fingerprint density at radius 1 is 1.29 bits per heavy atom. The van der Waals surface area contributed by atoms with Crippen LogP contribution in [0.1, 0.15) is 58.3 Å². The predicted octanol–water partition coefficient (Wildman–Crippen LogP) is 4.06. The fourth-order valence-corrected chi connectivity index (χ4v) is 2.81. The number of aliphatic hydroxyl groups excluding tert-OH is 1. The van der Waals surface area contributed by atoms with Gasteiger partial charge in [0.05, 0.1) is 6.10 Å². The molecule has 0 spiro atoms. The van der Waals surface area contributed by atoms with E-state index in [1.54, 1.807) is 6.08 Å². The Kier molecular flexibility index (Phi) is 10.0. The highest BCUT2D eigenvalue weighted by atomic mass is 16.4. The molecule has 2 N–H and O–H groups in total.